The number of benzene rings is 1. The third-order valence-corrected chi connectivity index (χ3v) is 2.22. The predicted octanol–water partition coefficient (Wildman–Crippen LogP) is 1.85. The second kappa shape index (κ2) is 4.60. The van der Waals surface area contributed by atoms with Gasteiger partial charge < -0.3 is 21.3 Å². The molecule has 78 valence electrons. The molecule has 0 saturated carbocycles. The highest BCUT2D eigenvalue weighted by Gasteiger charge is 2.06. The van der Waals surface area contributed by atoms with Crippen LogP contribution in [-0.2, 0) is 0 Å². The minimum atomic E-state index is 1.07. The van der Waals surface area contributed by atoms with Crippen LogP contribution < -0.4 is 21.3 Å². The van der Waals surface area contributed by atoms with E-state index in [0.717, 1.165) is 22.7 Å². The van der Waals surface area contributed by atoms with Crippen LogP contribution in [-0.4, -0.2) is 28.2 Å². The largest absolute Gasteiger partial charge is 0.388 e. The van der Waals surface area contributed by atoms with Crippen LogP contribution in [0.3, 0.4) is 0 Å². The molecule has 0 amide bonds. The number of nitrogens with one attached hydrogen (secondary N) is 4. The molecule has 0 aliphatic heterocycles. The van der Waals surface area contributed by atoms with Crippen molar-refractivity contribution in [3.05, 3.63) is 12.1 Å². The predicted molar refractivity (Wildman–Crippen MR) is 64.6 cm³/mol. The number of hydrogen-bond donors (Lipinski definition) is 4. The Balaban J connectivity index is 3.24. The van der Waals surface area contributed by atoms with Crippen LogP contribution in [0.25, 0.3) is 0 Å². The number of anilines is 4. The normalized spacial score (nSPS) is 9.43. The highest BCUT2D eigenvalue weighted by molar-refractivity contribution is 5.86. The second-order valence-corrected chi connectivity index (χ2v) is 2.95. The smallest absolute Gasteiger partial charge is 0.0810 e. The molecule has 1 aromatic carbocycles. The monoisotopic (exact) mass is 194 g/mol. The van der Waals surface area contributed by atoms with Crippen LogP contribution in [0.2, 0.25) is 0 Å². The first kappa shape index (κ1) is 10.5. The molecule has 0 aliphatic carbocycles. The fourth-order valence-electron chi connectivity index (χ4n) is 1.45. The van der Waals surface area contributed by atoms with Crippen molar-refractivity contribution in [2.45, 2.75) is 0 Å². The summed E-state index contributed by atoms with van der Waals surface area (Å²) in [5.41, 5.74) is 4.30. The van der Waals surface area contributed by atoms with Gasteiger partial charge in [0.25, 0.3) is 0 Å². The molecule has 1 aromatic rings. The quantitative estimate of drug-likeness (QED) is 0.591. The van der Waals surface area contributed by atoms with E-state index in [1.54, 1.807) is 0 Å². The Bertz CT molecular complexity index is 284. The van der Waals surface area contributed by atoms with Crippen molar-refractivity contribution in [3.8, 4) is 0 Å². The Kier molecular flexibility index (Phi) is 3.45. The van der Waals surface area contributed by atoms with Crippen molar-refractivity contribution in [2.75, 3.05) is 49.5 Å². The van der Waals surface area contributed by atoms with Crippen molar-refractivity contribution in [1.82, 2.24) is 0 Å². The molecule has 0 aliphatic rings. The van der Waals surface area contributed by atoms with Crippen LogP contribution in [0.5, 0.6) is 0 Å². The fourth-order valence-corrected chi connectivity index (χ4v) is 1.45. The van der Waals surface area contributed by atoms with Gasteiger partial charge >= 0.3 is 0 Å². The lowest BCUT2D eigenvalue weighted by molar-refractivity contribution is 1.40. The zero-order chi connectivity index (χ0) is 10.6. The van der Waals surface area contributed by atoms with Gasteiger partial charge in [-0.1, -0.05) is 0 Å². The van der Waals surface area contributed by atoms with Crippen molar-refractivity contribution in [1.29, 1.82) is 0 Å². The maximum atomic E-state index is 3.16. The van der Waals surface area contributed by atoms with Crippen LogP contribution >= 0.6 is 0 Å². The Labute approximate surface area is 85.1 Å². The SMILES string of the molecule is CNc1cc(NC)c(NC)c(NC)c1. The van der Waals surface area contributed by atoms with E-state index in [1.807, 2.05) is 28.2 Å². The van der Waals surface area contributed by atoms with E-state index in [0.29, 0.717) is 0 Å². The lowest BCUT2D eigenvalue weighted by Crippen LogP contribution is -2.03. The molecule has 0 radical (unpaired) electrons. The first-order valence-corrected chi connectivity index (χ1v) is 4.65. The molecule has 0 aromatic heterocycles. The van der Waals surface area contributed by atoms with Crippen molar-refractivity contribution in [2.24, 2.45) is 0 Å². The summed E-state index contributed by atoms with van der Waals surface area (Å²) in [6, 6.07) is 4.12. The van der Waals surface area contributed by atoms with Crippen LogP contribution in [0, 0.1) is 0 Å². The molecule has 4 heteroatoms. The van der Waals surface area contributed by atoms with E-state index < -0.39 is 0 Å². The van der Waals surface area contributed by atoms with E-state index in [1.165, 1.54) is 0 Å². The van der Waals surface area contributed by atoms with Gasteiger partial charge in [-0.3, -0.25) is 0 Å². The van der Waals surface area contributed by atoms with E-state index in [-0.39, 0.29) is 0 Å². The van der Waals surface area contributed by atoms with Crippen LogP contribution in [0.15, 0.2) is 12.1 Å². The number of hydrogen-bond acceptors (Lipinski definition) is 4. The minimum absolute atomic E-state index is 1.07. The molecule has 0 heterocycles. The molecule has 0 bridgehead atoms. The second-order valence-electron chi connectivity index (χ2n) is 2.95. The minimum Gasteiger partial charge on any atom is -0.388 e. The molecule has 14 heavy (non-hydrogen) atoms. The summed E-state index contributed by atoms with van der Waals surface area (Å²) in [5, 5.41) is 12.6. The van der Waals surface area contributed by atoms with Crippen molar-refractivity contribution < 1.29 is 0 Å². The molecule has 0 spiro atoms. The summed E-state index contributed by atoms with van der Waals surface area (Å²) >= 11 is 0. The molecular formula is C10H18N4. The van der Waals surface area contributed by atoms with Gasteiger partial charge in [0, 0.05) is 33.9 Å². The first-order valence-electron chi connectivity index (χ1n) is 4.65. The summed E-state index contributed by atoms with van der Waals surface area (Å²) in [7, 11) is 7.65. The fraction of sp³-hybridized carbons (Fsp3) is 0.400. The Morgan fingerprint density at radius 1 is 0.714 bits per heavy atom. The zero-order valence-corrected chi connectivity index (χ0v) is 9.15. The van der Waals surface area contributed by atoms with Gasteiger partial charge in [0.1, 0.15) is 0 Å². The van der Waals surface area contributed by atoms with Crippen LogP contribution in [0.1, 0.15) is 0 Å². The van der Waals surface area contributed by atoms with Gasteiger partial charge in [-0.25, -0.2) is 0 Å². The van der Waals surface area contributed by atoms with E-state index in [4.69, 9.17) is 0 Å². The van der Waals surface area contributed by atoms with Gasteiger partial charge in [0.2, 0.25) is 0 Å². The Morgan fingerprint density at radius 3 is 1.50 bits per heavy atom. The average molecular weight is 194 g/mol. The van der Waals surface area contributed by atoms with Crippen molar-refractivity contribution in [3.63, 3.8) is 0 Å². The van der Waals surface area contributed by atoms with Crippen molar-refractivity contribution >= 4 is 22.7 Å². The molecule has 0 atom stereocenters. The molecule has 4 nitrogen and oxygen atoms in total. The highest BCUT2D eigenvalue weighted by Crippen LogP contribution is 2.33. The van der Waals surface area contributed by atoms with Gasteiger partial charge in [-0.05, 0) is 12.1 Å². The molecule has 4 N–H and O–H groups in total. The molecule has 0 unspecified atom stereocenters. The summed E-state index contributed by atoms with van der Waals surface area (Å²) in [5.74, 6) is 0. The molecular weight excluding hydrogens is 176 g/mol. The Hall–Kier alpha value is -1.58. The summed E-state index contributed by atoms with van der Waals surface area (Å²) < 4.78 is 0. The third-order valence-electron chi connectivity index (χ3n) is 2.22. The molecule has 1 rings (SSSR count). The third kappa shape index (κ3) is 1.84. The highest BCUT2D eigenvalue weighted by atomic mass is 15.0. The lowest BCUT2D eigenvalue weighted by atomic mass is 10.2. The first-order chi connectivity index (χ1) is 6.76. The number of rotatable bonds is 4. The van der Waals surface area contributed by atoms with Gasteiger partial charge in [-0.15, -0.1) is 0 Å². The Morgan fingerprint density at radius 2 is 1.21 bits per heavy atom. The summed E-state index contributed by atoms with van der Waals surface area (Å²) in [4.78, 5) is 0. The zero-order valence-electron chi connectivity index (χ0n) is 9.15. The van der Waals surface area contributed by atoms with Gasteiger partial charge in [-0.2, -0.15) is 0 Å². The topological polar surface area (TPSA) is 48.1 Å². The molecule has 0 fully saturated rings. The summed E-state index contributed by atoms with van der Waals surface area (Å²) in [6.45, 7) is 0. The van der Waals surface area contributed by atoms with E-state index >= 15 is 0 Å². The standard InChI is InChI=1S/C10H18N4/c1-11-7-5-8(12-2)10(14-4)9(6-7)13-3/h5-6,11-14H,1-4H3. The van der Waals surface area contributed by atoms with Crippen LogP contribution in [0.4, 0.5) is 22.7 Å². The maximum absolute atomic E-state index is 3.16. The van der Waals surface area contributed by atoms with E-state index in [9.17, 15) is 0 Å². The average Bonchev–Trinajstić information content (AvgIpc) is 2.26. The van der Waals surface area contributed by atoms with Gasteiger partial charge in [0.05, 0.1) is 17.1 Å². The van der Waals surface area contributed by atoms with E-state index in [2.05, 4.69) is 33.4 Å². The lowest BCUT2D eigenvalue weighted by Gasteiger charge is -2.16. The van der Waals surface area contributed by atoms with Gasteiger partial charge in [0.15, 0.2) is 0 Å². The summed E-state index contributed by atoms with van der Waals surface area (Å²) in [6.07, 6.45) is 0. The maximum Gasteiger partial charge on any atom is 0.0810 e. The molecule has 0 saturated heterocycles.